The van der Waals surface area contributed by atoms with Crippen LogP contribution in [0.25, 0.3) is 0 Å². The van der Waals surface area contributed by atoms with E-state index in [0.29, 0.717) is 18.4 Å². The Balaban J connectivity index is 1.98. The third-order valence-electron chi connectivity index (χ3n) is 5.38. The smallest absolute Gasteiger partial charge is 0.247 e. The normalized spacial score (nSPS) is 35.9. The first-order valence-corrected chi connectivity index (χ1v) is 8.11. The Morgan fingerprint density at radius 3 is 2.55 bits per heavy atom. The molecule has 2 aliphatic rings. The van der Waals surface area contributed by atoms with Gasteiger partial charge < -0.3 is 5.32 Å². The van der Waals surface area contributed by atoms with Gasteiger partial charge >= 0.3 is 0 Å². The van der Waals surface area contributed by atoms with Crippen molar-refractivity contribution >= 4 is 11.8 Å². The van der Waals surface area contributed by atoms with Crippen LogP contribution in [0.1, 0.15) is 59.8 Å². The number of nitrogens with zero attached hydrogens (tertiary/aromatic N) is 1. The van der Waals surface area contributed by atoms with E-state index >= 15 is 0 Å². The summed E-state index contributed by atoms with van der Waals surface area (Å²) in [5, 5.41) is 3.47. The average Bonchev–Trinajstić information content (AvgIpc) is 2.91. The molecule has 2 rings (SSSR count). The van der Waals surface area contributed by atoms with Gasteiger partial charge in [0.1, 0.15) is 0 Å². The van der Waals surface area contributed by atoms with Crippen molar-refractivity contribution in [3.8, 4) is 0 Å². The molecule has 0 aromatic rings. The van der Waals surface area contributed by atoms with Gasteiger partial charge in [0.05, 0.1) is 12.5 Å². The molecule has 2 fully saturated rings. The summed E-state index contributed by atoms with van der Waals surface area (Å²) in [7, 11) is 0. The van der Waals surface area contributed by atoms with E-state index in [-0.39, 0.29) is 23.9 Å². The molecule has 114 valence electrons. The number of nitrogens with one attached hydrogen (secondary N) is 1. The standard InChI is InChI=1S/C16H28N2O2/c1-5-10(3)18-15(19)9-14(16(18)20)17-13-8-7-12(6-2)11(13)4/h10-14,17H,5-9H2,1-4H3. The lowest BCUT2D eigenvalue weighted by Crippen LogP contribution is -2.46. The van der Waals surface area contributed by atoms with E-state index in [4.69, 9.17) is 0 Å². The van der Waals surface area contributed by atoms with E-state index in [1.165, 1.54) is 17.7 Å². The number of imide groups is 1. The predicted octanol–water partition coefficient (Wildman–Crippen LogP) is 2.33. The summed E-state index contributed by atoms with van der Waals surface area (Å²) >= 11 is 0. The second-order valence-corrected chi connectivity index (χ2v) is 6.49. The maximum atomic E-state index is 12.4. The van der Waals surface area contributed by atoms with E-state index < -0.39 is 0 Å². The van der Waals surface area contributed by atoms with Crippen LogP contribution in [0, 0.1) is 11.8 Å². The summed E-state index contributed by atoms with van der Waals surface area (Å²) in [4.78, 5) is 25.9. The molecular formula is C16H28N2O2. The molecule has 1 heterocycles. The summed E-state index contributed by atoms with van der Waals surface area (Å²) in [6.07, 6.45) is 4.72. The van der Waals surface area contributed by atoms with Crippen molar-refractivity contribution in [2.24, 2.45) is 11.8 Å². The van der Waals surface area contributed by atoms with Crippen LogP contribution in [0.2, 0.25) is 0 Å². The lowest BCUT2D eigenvalue weighted by molar-refractivity contribution is -0.141. The molecule has 1 saturated carbocycles. The molecule has 20 heavy (non-hydrogen) atoms. The summed E-state index contributed by atoms with van der Waals surface area (Å²) < 4.78 is 0. The quantitative estimate of drug-likeness (QED) is 0.786. The van der Waals surface area contributed by atoms with Crippen molar-refractivity contribution in [2.45, 2.75) is 77.9 Å². The molecule has 1 aliphatic carbocycles. The van der Waals surface area contributed by atoms with Gasteiger partial charge in [-0.15, -0.1) is 0 Å². The van der Waals surface area contributed by atoms with Crippen LogP contribution in [0.3, 0.4) is 0 Å². The second-order valence-electron chi connectivity index (χ2n) is 6.49. The fraction of sp³-hybridized carbons (Fsp3) is 0.875. The number of amides is 2. The van der Waals surface area contributed by atoms with Gasteiger partial charge in [-0.05, 0) is 38.0 Å². The Morgan fingerprint density at radius 2 is 2.00 bits per heavy atom. The molecule has 0 spiro atoms. The lowest BCUT2D eigenvalue weighted by atomic mass is 9.93. The van der Waals surface area contributed by atoms with Crippen LogP contribution in [0.15, 0.2) is 0 Å². The molecular weight excluding hydrogens is 252 g/mol. The van der Waals surface area contributed by atoms with Crippen LogP contribution < -0.4 is 5.32 Å². The van der Waals surface area contributed by atoms with Gasteiger partial charge in [0.2, 0.25) is 11.8 Å². The summed E-state index contributed by atoms with van der Waals surface area (Å²) in [5.41, 5.74) is 0. The van der Waals surface area contributed by atoms with E-state index in [9.17, 15) is 9.59 Å². The number of likely N-dealkylation sites (tertiary alicyclic amines) is 1. The maximum Gasteiger partial charge on any atom is 0.247 e. The topological polar surface area (TPSA) is 49.4 Å². The molecule has 0 aromatic heterocycles. The van der Waals surface area contributed by atoms with Gasteiger partial charge in [0, 0.05) is 12.1 Å². The van der Waals surface area contributed by atoms with Gasteiger partial charge in [0.15, 0.2) is 0 Å². The van der Waals surface area contributed by atoms with E-state index in [0.717, 1.165) is 18.8 Å². The highest BCUT2D eigenvalue weighted by molar-refractivity contribution is 6.05. The second kappa shape index (κ2) is 6.25. The minimum Gasteiger partial charge on any atom is -0.302 e. The van der Waals surface area contributed by atoms with Gasteiger partial charge in [-0.25, -0.2) is 0 Å². The first-order valence-electron chi connectivity index (χ1n) is 8.11. The number of carbonyl (C=O) groups excluding carboxylic acids is 2. The zero-order chi connectivity index (χ0) is 14.9. The minimum atomic E-state index is -0.292. The molecule has 0 aromatic carbocycles. The largest absolute Gasteiger partial charge is 0.302 e. The highest BCUT2D eigenvalue weighted by Gasteiger charge is 2.43. The number of hydrogen-bond acceptors (Lipinski definition) is 3. The van der Waals surface area contributed by atoms with Gasteiger partial charge in [-0.1, -0.05) is 27.2 Å². The molecule has 0 bridgehead atoms. The number of carbonyl (C=O) groups is 2. The van der Waals surface area contributed by atoms with Crippen LogP contribution in [-0.2, 0) is 9.59 Å². The fourth-order valence-corrected chi connectivity index (χ4v) is 3.74. The molecule has 4 nitrogen and oxygen atoms in total. The van der Waals surface area contributed by atoms with E-state index in [1.54, 1.807) is 0 Å². The van der Waals surface area contributed by atoms with Crippen molar-refractivity contribution in [2.75, 3.05) is 0 Å². The summed E-state index contributed by atoms with van der Waals surface area (Å²) in [6, 6.07) is 0.115. The molecule has 0 radical (unpaired) electrons. The molecule has 5 unspecified atom stereocenters. The van der Waals surface area contributed by atoms with Crippen LogP contribution in [0.4, 0.5) is 0 Å². The monoisotopic (exact) mass is 280 g/mol. The zero-order valence-electron chi connectivity index (χ0n) is 13.2. The molecule has 5 atom stereocenters. The van der Waals surface area contributed by atoms with Crippen molar-refractivity contribution in [3.63, 3.8) is 0 Å². The lowest BCUT2D eigenvalue weighted by Gasteiger charge is -2.25. The Kier molecular flexibility index (Phi) is 4.84. The molecule has 1 N–H and O–H groups in total. The van der Waals surface area contributed by atoms with Crippen LogP contribution in [0.5, 0.6) is 0 Å². The van der Waals surface area contributed by atoms with Crippen molar-refractivity contribution in [1.82, 2.24) is 10.2 Å². The first-order chi connectivity index (χ1) is 9.49. The Hall–Kier alpha value is -0.900. The highest BCUT2D eigenvalue weighted by Crippen LogP contribution is 2.34. The minimum absolute atomic E-state index is 0.0143. The van der Waals surface area contributed by atoms with Gasteiger partial charge in [0.25, 0.3) is 0 Å². The van der Waals surface area contributed by atoms with Crippen molar-refractivity contribution in [3.05, 3.63) is 0 Å². The number of rotatable bonds is 5. The van der Waals surface area contributed by atoms with Crippen molar-refractivity contribution in [1.29, 1.82) is 0 Å². The summed E-state index contributed by atoms with van der Waals surface area (Å²) in [6.45, 7) is 8.46. The molecule has 1 aliphatic heterocycles. The molecule has 1 saturated heterocycles. The van der Waals surface area contributed by atoms with Crippen LogP contribution in [-0.4, -0.2) is 34.8 Å². The first kappa shape index (κ1) is 15.5. The number of hydrogen-bond donors (Lipinski definition) is 1. The highest BCUT2D eigenvalue weighted by atomic mass is 16.2. The third kappa shape index (κ3) is 2.76. The molecule has 2 amide bonds. The Bertz CT molecular complexity index is 383. The average molecular weight is 280 g/mol. The van der Waals surface area contributed by atoms with Gasteiger partial charge in [-0.3, -0.25) is 14.5 Å². The van der Waals surface area contributed by atoms with Crippen LogP contribution >= 0.6 is 0 Å². The van der Waals surface area contributed by atoms with Gasteiger partial charge in [-0.2, -0.15) is 0 Å². The van der Waals surface area contributed by atoms with E-state index in [2.05, 4.69) is 19.2 Å². The molecule has 4 heteroatoms. The Labute approximate surface area is 122 Å². The SMILES string of the molecule is CCC1CCC(NC2CC(=O)N(C(C)CC)C2=O)C1C. The van der Waals surface area contributed by atoms with E-state index in [1.807, 2.05) is 13.8 Å². The fourth-order valence-electron chi connectivity index (χ4n) is 3.74. The Morgan fingerprint density at radius 1 is 1.30 bits per heavy atom. The maximum absolute atomic E-state index is 12.4. The zero-order valence-corrected chi connectivity index (χ0v) is 13.2. The van der Waals surface area contributed by atoms with Crippen molar-refractivity contribution < 1.29 is 9.59 Å². The predicted molar refractivity (Wildman–Crippen MR) is 79.1 cm³/mol. The third-order valence-corrected chi connectivity index (χ3v) is 5.38. The summed E-state index contributed by atoms with van der Waals surface area (Å²) in [5.74, 6) is 1.32.